The van der Waals surface area contributed by atoms with Gasteiger partial charge in [-0.05, 0) is 107 Å². The highest BCUT2D eigenvalue weighted by molar-refractivity contribution is 6.09. The third-order valence-corrected chi connectivity index (χ3v) is 11.4. The fourth-order valence-corrected chi connectivity index (χ4v) is 8.51. The molecule has 0 bridgehead atoms. The number of para-hydroxylation sites is 6. The molecule has 0 saturated carbocycles. The lowest BCUT2D eigenvalue weighted by molar-refractivity contribution is 0.589. The maximum absolute atomic E-state index is 5.03. The maximum Gasteiger partial charge on any atom is 0.139 e. The van der Waals surface area contributed by atoms with Crippen LogP contribution in [-0.2, 0) is 11.8 Å². The molecule has 1 aliphatic rings. The SMILES string of the molecule is CC(C)(C)c1cc(Cc2ccc3c4ccccc4n(-c4cc(N(c5ccccc5)c5ccccc5)ccn4)c3c2)cc(N2CN(c3ccccc3)c3ccccc32)c1. The molecule has 0 spiro atoms. The van der Waals surface area contributed by atoms with Crippen molar-refractivity contribution in [1.29, 1.82) is 0 Å². The van der Waals surface area contributed by atoms with E-state index in [1.807, 2.05) is 6.20 Å². The summed E-state index contributed by atoms with van der Waals surface area (Å²) in [7, 11) is 0. The van der Waals surface area contributed by atoms with Crippen LogP contribution < -0.4 is 14.7 Å². The molecule has 0 fully saturated rings. The molecule has 5 heteroatoms. The summed E-state index contributed by atoms with van der Waals surface area (Å²) in [5.74, 6) is 0.880. The fourth-order valence-electron chi connectivity index (χ4n) is 8.51. The lowest BCUT2D eigenvalue weighted by atomic mass is 9.85. The van der Waals surface area contributed by atoms with Crippen LogP contribution in [0.4, 0.5) is 39.8 Å². The molecule has 7 aromatic carbocycles. The first-order valence-corrected chi connectivity index (χ1v) is 20.1. The second kappa shape index (κ2) is 14.4. The van der Waals surface area contributed by atoms with Crippen molar-refractivity contribution in [3.8, 4) is 5.82 Å². The average molecular weight is 752 g/mol. The summed E-state index contributed by atoms with van der Waals surface area (Å²) in [6.45, 7) is 7.69. The molecule has 5 nitrogen and oxygen atoms in total. The highest BCUT2D eigenvalue weighted by Crippen LogP contribution is 2.45. The standard InChI is InChI=1S/C53H45N5/c1-53(2,3)40-32-39(33-45(35-40)56-37-55(41-17-7-4-8-18-41)49-25-15-16-26-50(49)56)31-38-27-28-47-46-23-13-14-24-48(46)58(51(47)34-38)52-36-44(29-30-54-52)57(42-19-9-5-10-20-42)43-21-11-6-12-22-43/h4-30,32-36H,31,37H2,1-3H3. The third-order valence-electron chi connectivity index (χ3n) is 11.4. The molecule has 0 saturated heterocycles. The number of hydrogen-bond donors (Lipinski definition) is 0. The van der Waals surface area contributed by atoms with Crippen LogP contribution in [0.1, 0.15) is 37.5 Å². The first-order chi connectivity index (χ1) is 28.4. The van der Waals surface area contributed by atoms with Crippen molar-refractivity contribution in [3.63, 3.8) is 0 Å². The summed E-state index contributed by atoms with van der Waals surface area (Å²) in [5, 5.41) is 2.43. The van der Waals surface area contributed by atoms with E-state index in [4.69, 9.17) is 4.98 Å². The molecule has 0 N–H and O–H groups in total. The quantitative estimate of drug-likeness (QED) is 0.155. The van der Waals surface area contributed by atoms with Gasteiger partial charge in [0.1, 0.15) is 12.5 Å². The summed E-state index contributed by atoms with van der Waals surface area (Å²) in [5.41, 5.74) is 14.2. The van der Waals surface area contributed by atoms with Gasteiger partial charge in [0.15, 0.2) is 0 Å². The van der Waals surface area contributed by atoms with Crippen LogP contribution in [0.3, 0.4) is 0 Å². The Labute approximate surface area is 340 Å². The average Bonchev–Trinajstić information content (AvgIpc) is 3.81. The lowest BCUT2D eigenvalue weighted by Gasteiger charge is -2.26. The fraction of sp³-hybridized carbons (Fsp3) is 0.113. The molecule has 2 aromatic heterocycles. The van der Waals surface area contributed by atoms with E-state index >= 15 is 0 Å². The zero-order chi connectivity index (χ0) is 39.2. The Hall–Kier alpha value is -7.11. The van der Waals surface area contributed by atoms with Gasteiger partial charge in [-0.1, -0.05) is 124 Å². The highest BCUT2D eigenvalue weighted by Gasteiger charge is 2.29. The molecule has 0 amide bonds. The number of fused-ring (bicyclic) bond motifs is 4. The van der Waals surface area contributed by atoms with Gasteiger partial charge >= 0.3 is 0 Å². The second-order valence-electron chi connectivity index (χ2n) is 16.2. The minimum atomic E-state index is -0.0242. The first kappa shape index (κ1) is 35.3. The van der Waals surface area contributed by atoms with Gasteiger partial charge in [0.2, 0.25) is 0 Å². The Morgan fingerprint density at radius 1 is 0.500 bits per heavy atom. The Morgan fingerprint density at radius 3 is 1.79 bits per heavy atom. The van der Waals surface area contributed by atoms with Gasteiger partial charge in [-0.3, -0.25) is 4.57 Å². The van der Waals surface area contributed by atoms with Gasteiger partial charge in [0, 0.05) is 45.8 Å². The number of pyridine rings is 1. The summed E-state index contributed by atoms with van der Waals surface area (Å²) >= 11 is 0. The van der Waals surface area contributed by atoms with Gasteiger partial charge < -0.3 is 14.7 Å². The molecule has 282 valence electrons. The topological polar surface area (TPSA) is 27.5 Å². The largest absolute Gasteiger partial charge is 0.321 e. The zero-order valence-corrected chi connectivity index (χ0v) is 33.1. The van der Waals surface area contributed by atoms with Crippen LogP contribution in [0, 0.1) is 0 Å². The first-order valence-electron chi connectivity index (χ1n) is 20.1. The van der Waals surface area contributed by atoms with Crippen LogP contribution in [0.15, 0.2) is 194 Å². The van der Waals surface area contributed by atoms with E-state index < -0.39 is 0 Å². The van der Waals surface area contributed by atoms with Crippen molar-refractivity contribution in [2.75, 3.05) is 21.4 Å². The molecular formula is C53H45N5. The van der Waals surface area contributed by atoms with Crippen LogP contribution in [0.2, 0.25) is 0 Å². The van der Waals surface area contributed by atoms with Gasteiger partial charge in [-0.25, -0.2) is 4.98 Å². The van der Waals surface area contributed by atoms with Gasteiger partial charge in [-0.15, -0.1) is 0 Å². The number of hydrogen-bond acceptors (Lipinski definition) is 4. The van der Waals surface area contributed by atoms with E-state index in [0.717, 1.165) is 47.0 Å². The minimum Gasteiger partial charge on any atom is -0.321 e. The van der Waals surface area contributed by atoms with Crippen molar-refractivity contribution >= 4 is 61.6 Å². The van der Waals surface area contributed by atoms with Crippen molar-refractivity contribution < 1.29 is 0 Å². The summed E-state index contributed by atoms with van der Waals surface area (Å²) in [6, 6.07) is 67.7. The maximum atomic E-state index is 5.03. The Bertz CT molecular complexity index is 2850. The summed E-state index contributed by atoms with van der Waals surface area (Å²) in [4.78, 5) is 12.2. The smallest absolute Gasteiger partial charge is 0.139 e. The van der Waals surface area contributed by atoms with Crippen molar-refractivity contribution in [2.24, 2.45) is 0 Å². The number of benzene rings is 7. The zero-order valence-electron chi connectivity index (χ0n) is 33.1. The summed E-state index contributed by atoms with van der Waals surface area (Å²) in [6.07, 6.45) is 2.73. The van der Waals surface area contributed by atoms with Crippen molar-refractivity contribution in [2.45, 2.75) is 32.6 Å². The monoisotopic (exact) mass is 751 g/mol. The molecular weight excluding hydrogens is 707 g/mol. The van der Waals surface area contributed by atoms with Gasteiger partial charge in [-0.2, -0.15) is 0 Å². The van der Waals surface area contributed by atoms with E-state index in [-0.39, 0.29) is 5.41 Å². The van der Waals surface area contributed by atoms with E-state index in [2.05, 4.69) is 228 Å². The van der Waals surface area contributed by atoms with Crippen molar-refractivity contribution in [3.05, 3.63) is 211 Å². The second-order valence-corrected chi connectivity index (χ2v) is 16.2. The number of anilines is 7. The summed E-state index contributed by atoms with van der Waals surface area (Å²) < 4.78 is 2.34. The Balaban J connectivity index is 1.07. The van der Waals surface area contributed by atoms with E-state index in [0.29, 0.717) is 0 Å². The van der Waals surface area contributed by atoms with Crippen LogP contribution in [-0.4, -0.2) is 16.2 Å². The molecule has 0 atom stereocenters. The highest BCUT2D eigenvalue weighted by atomic mass is 15.4. The Morgan fingerprint density at radius 2 is 1.10 bits per heavy atom. The van der Waals surface area contributed by atoms with E-state index in [9.17, 15) is 0 Å². The lowest BCUT2D eigenvalue weighted by Crippen LogP contribution is -2.24. The number of rotatable bonds is 8. The van der Waals surface area contributed by atoms with Crippen LogP contribution >= 0.6 is 0 Å². The predicted octanol–water partition coefficient (Wildman–Crippen LogP) is 13.8. The molecule has 0 radical (unpaired) electrons. The van der Waals surface area contributed by atoms with Gasteiger partial charge in [0.05, 0.1) is 28.1 Å². The number of nitrogens with zero attached hydrogens (tertiary/aromatic N) is 5. The molecule has 1 aliphatic heterocycles. The number of aromatic nitrogens is 2. The molecule has 3 heterocycles. The van der Waals surface area contributed by atoms with Crippen molar-refractivity contribution in [1.82, 2.24) is 9.55 Å². The predicted molar refractivity (Wildman–Crippen MR) is 243 cm³/mol. The molecule has 0 unspecified atom stereocenters. The molecule has 9 aromatic rings. The molecule has 10 rings (SSSR count). The Kier molecular flexibility index (Phi) is 8.79. The normalized spacial score (nSPS) is 12.7. The molecule has 0 aliphatic carbocycles. The van der Waals surface area contributed by atoms with E-state index in [1.54, 1.807) is 0 Å². The molecule has 58 heavy (non-hydrogen) atoms. The van der Waals surface area contributed by atoms with Gasteiger partial charge in [0.25, 0.3) is 0 Å². The van der Waals surface area contributed by atoms with E-state index in [1.165, 1.54) is 50.2 Å². The van der Waals surface area contributed by atoms with Crippen LogP contribution in [0.25, 0.3) is 27.6 Å². The van der Waals surface area contributed by atoms with Crippen LogP contribution in [0.5, 0.6) is 0 Å². The third kappa shape index (κ3) is 6.45. The minimum absolute atomic E-state index is 0.0242.